The molecule has 0 saturated heterocycles. The number of aromatic nitrogens is 5. The molecule has 29 heavy (non-hydrogen) atoms. The van der Waals surface area contributed by atoms with Crippen LogP contribution in [0, 0.1) is 0 Å². The van der Waals surface area contributed by atoms with Crippen molar-refractivity contribution in [2.75, 3.05) is 13.1 Å². The van der Waals surface area contributed by atoms with Crippen LogP contribution in [0.2, 0.25) is 0 Å². The zero-order valence-corrected chi connectivity index (χ0v) is 17.0. The number of nitrogens with zero attached hydrogens (tertiary/aromatic N) is 6. The molecule has 0 aliphatic heterocycles. The quantitative estimate of drug-likeness (QED) is 0.461. The molecule has 0 radical (unpaired) electrons. The molecule has 1 aromatic carbocycles. The van der Waals surface area contributed by atoms with E-state index < -0.39 is 0 Å². The summed E-state index contributed by atoms with van der Waals surface area (Å²) in [6.07, 6.45) is 6.96. The van der Waals surface area contributed by atoms with Crippen LogP contribution in [-0.2, 0) is 11.2 Å². The van der Waals surface area contributed by atoms with Crippen LogP contribution in [-0.4, -0.2) is 48.1 Å². The molecule has 0 unspecified atom stereocenters. The Balaban J connectivity index is 1.57. The van der Waals surface area contributed by atoms with Crippen LogP contribution in [0.3, 0.4) is 0 Å². The van der Waals surface area contributed by atoms with Crippen molar-refractivity contribution in [3.8, 4) is 11.3 Å². The second-order valence-electron chi connectivity index (χ2n) is 7.16. The van der Waals surface area contributed by atoms with Gasteiger partial charge in [-0.1, -0.05) is 43.7 Å². The van der Waals surface area contributed by atoms with E-state index in [1.165, 1.54) is 0 Å². The minimum atomic E-state index is 0.175. The van der Waals surface area contributed by atoms with Crippen molar-refractivity contribution in [2.45, 2.75) is 39.5 Å². The lowest BCUT2D eigenvalue weighted by atomic mass is 10.1. The normalized spacial score (nSPS) is 11.4. The monoisotopic (exact) mass is 390 g/mol. The van der Waals surface area contributed by atoms with Gasteiger partial charge >= 0.3 is 0 Å². The molecular formula is C22H26N6O. The summed E-state index contributed by atoms with van der Waals surface area (Å²) in [5, 5.41) is 13.4. The average molecular weight is 390 g/mol. The molecule has 150 valence electrons. The lowest BCUT2D eigenvalue weighted by Gasteiger charge is -2.20. The highest BCUT2D eigenvalue weighted by Crippen LogP contribution is 2.22. The molecule has 3 heterocycles. The molecular weight excluding hydrogens is 364 g/mol. The molecule has 0 N–H and O–H groups in total. The summed E-state index contributed by atoms with van der Waals surface area (Å²) in [5.74, 6) is 0.972. The maximum Gasteiger partial charge on any atom is 0.223 e. The molecule has 0 aliphatic rings. The number of rotatable bonds is 8. The van der Waals surface area contributed by atoms with Crippen LogP contribution in [0.15, 0.2) is 48.8 Å². The summed E-state index contributed by atoms with van der Waals surface area (Å²) in [4.78, 5) is 14.5. The minimum Gasteiger partial charge on any atom is -0.343 e. The molecule has 0 atom stereocenters. The highest BCUT2D eigenvalue weighted by molar-refractivity contribution is 5.77. The number of unbranched alkanes of at least 4 members (excludes halogenated alkanes) is 1. The van der Waals surface area contributed by atoms with Crippen molar-refractivity contribution in [3.63, 3.8) is 0 Å². The lowest BCUT2D eigenvalue weighted by molar-refractivity contribution is -0.131. The van der Waals surface area contributed by atoms with Crippen molar-refractivity contribution >= 4 is 17.1 Å². The Hall–Kier alpha value is -3.22. The van der Waals surface area contributed by atoms with Crippen molar-refractivity contribution in [1.82, 2.24) is 29.1 Å². The fourth-order valence-corrected chi connectivity index (χ4v) is 3.57. The SMILES string of the molecule is CCCCN(CC)C(=O)CCc1nnc2c3cc(-c4ccccc4)nn3ccn12. The van der Waals surface area contributed by atoms with Crippen LogP contribution in [0.1, 0.15) is 38.9 Å². The van der Waals surface area contributed by atoms with Gasteiger partial charge in [-0.2, -0.15) is 5.10 Å². The summed E-state index contributed by atoms with van der Waals surface area (Å²) in [5.41, 5.74) is 3.61. The molecule has 3 aromatic heterocycles. The number of hydrogen-bond donors (Lipinski definition) is 0. The van der Waals surface area contributed by atoms with E-state index in [1.54, 1.807) is 0 Å². The predicted octanol–water partition coefficient (Wildman–Crippen LogP) is 3.63. The smallest absolute Gasteiger partial charge is 0.223 e. The molecule has 0 fully saturated rings. The van der Waals surface area contributed by atoms with Crippen molar-refractivity contribution < 1.29 is 4.79 Å². The van der Waals surface area contributed by atoms with Gasteiger partial charge in [-0.15, -0.1) is 10.2 Å². The van der Waals surface area contributed by atoms with Gasteiger partial charge in [0, 0.05) is 43.9 Å². The third-order valence-corrected chi connectivity index (χ3v) is 5.24. The highest BCUT2D eigenvalue weighted by Gasteiger charge is 2.15. The molecule has 4 aromatic rings. The van der Waals surface area contributed by atoms with E-state index in [0.717, 1.165) is 54.2 Å². The largest absolute Gasteiger partial charge is 0.343 e. The first kappa shape index (κ1) is 19.1. The lowest BCUT2D eigenvalue weighted by Crippen LogP contribution is -2.32. The summed E-state index contributed by atoms with van der Waals surface area (Å²) in [6.45, 7) is 5.74. The Labute approximate surface area is 170 Å². The van der Waals surface area contributed by atoms with Crippen molar-refractivity contribution in [2.24, 2.45) is 0 Å². The Bertz CT molecular complexity index is 1110. The van der Waals surface area contributed by atoms with Gasteiger partial charge in [0.15, 0.2) is 5.65 Å². The topological polar surface area (TPSA) is 67.8 Å². The van der Waals surface area contributed by atoms with Crippen molar-refractivity contribution in [1.29, 1.82) is 0 Å². The zero-order chi connectivity index (χ0) is 20.2. The molecule has 1 amide bonds. The number of carbonyl (C=O) groups excluding carboxylic acids is 1. The van der Waals surface area contributed by atoms with E-state index in [1.807, 2.05) is 69.5 Å². The number of carbonyl (C=O) groups is 1. The van der Waals surface area contributed by atoms with E-state index >= 15 is 0 Å². The molecule has 0 bridgehead atoms. The third-order valence-electron chi connectivity index (χ3n) is 5.24. The maximum absolute atomic E-state index is 12.5. The second kappa shape index (κ2) is 8.43. The summed E-state index contributed by atoms with van der Waals surface area (Å²) in [7, 11) is 0. The van der Waals surface area contributed by atoms with Crippen LogP contribution < -0.4 is 0 Å². The van der Waals surface area contributed by atoms with E-state index in [2.05, 4.69) is 22.2 Å². The van der Waals surface area contributed by atoms with E-state index in [-0.39, 0.29) is 5.91 Å². The van der Waals surface area contributed by atoms with E-state index in [0.29, 0.717) is 12.8 Å². The number of hydrogen-bond acceptors (Lipinski definition) is 4. The van der Waals surface area contributed by atoms with Gasteiger partial charge < -0.3 is 4.90 Å². The van der Waals surface area contributed by atoms with Gasteiger partial charge in [0.1, 0.15) is 11.3 Å². The van der Waals surface area contributed by atoms with E-state index in [9.17, 15) is 4.79 Å². The first-order chi connectivity index (χ1) is 14.2. The van der Waals surface area contributed by atoms with Gasteiger partial charge in [-0.3, -0.25) is 9.20 Å². The van der Waals surface area contributed by atoms with Gasteiger partial charge in [0.25, 0.3) is 0 Å². The van der Waals surface area contributed by atoms with Gasteiger partial charge in [-0.05, 0) is 19.4 Å². The molecule has 0 aliphatic carbocycles. The van der Waals surface area contributed by atoms with Crippen LogP contribution in [0.4, 0.5) is 0 Å². The fraction of sp³-hybridized carbons (Fsp3) is 0.364. The summed E-state index contributed by atoms with van der Waals surface area (Å²) >= 11 is 0. The summed E-state index contributed by atoms with van der Waals surface area (Å²) < 4.78 is 3.78. The van der Waals surface area contributed by atoms with Gasteiger partial charge in [-0.25, -0.2) is 4.52 Å². The van der Waals surface area contributed by atoms with Gasteiger partial charge in [0.2, 0.25) is 5.91 Å². The predicted molar refractivity (Wildman–Crippen MR) is 113 cm³/mol. The summed E-state index contributed by atoms with van der Waals surface area (Å²) in [6, 6.07) is 12.1. The van der Waals surface area contributed by atoms with Gasteiger partial charge in [0.05, 0.1) is 5.69 Å². The Morgan fingerprint density at radius 1 is 1.10 bits per heavy atom. The van der Waals surface area contributed by atoms with Crippen LogP contribution in [0.25, 0.3) is 22.4 Å². The Kier molecular flexibility index (Phi) is 5.55. The number of benzene rings is 1. The minimum absolute atomic E-state index is 0.175. The molecule has 0 spiro atoms. The van der Waals surface area contributed by atoms with E-state index in [4.69, 9.17) is 0 Å². The van der Waals surface area contributed by atoms with Crippen LogP contribution >= 0.6 is 0 Å². The van der Waals surface area contributed by atoms with Crippen molar-refractivity contribution in [3.05, 3.63) is 54.6 Å². The Morgan fingerprint density at radius 2 is 1.93 bits per heavy atom. The van der Waals surface area contributed by atoms with Crippen LogP contribution in [0.5, 0.6) is 0 Å². The average Bonchev–Trinajstić information content (AvgIpc) is 3.37. The number of amides is 1. The highest BCUT2D eigenvalue weighted by atomic mass is 16.2. The first-order valence-electron chi connectivity index (χ1n) is 10.3. The Morgan fingerprint density at radius 3 is 2.69 bits per heavy atom. The molecule has 7 heteroatoms. The number of aryl methyl sites for hydroxylation is 1. The maximum atomic E-state index is 12.5. The fourth-order valence-electron chi connectivity index (χ4n) is 3.57. The molecule has 0 saturated carbocycles. The number of fused-ring (bicyclic) bond motifs is 3. The molecule has 4 rings (SSSR count). The molecule has 7 nitrogen and oxygen atoms in total. The second-order valence-corrected chi connectivity index (χ2v) is 7.16. The zero-order valence-electron chi connectivity index (χ0n) is 17.0. The standard InChI is InChI=1S/C22H26N6O/c1-3-5-13-26(4-2)21(29)12-11-20-23-24-22-19-16-18(17-9-7-6-8-10-17)25-28(19)15-14-27(20)22/h6-10,14-16H,3-5,11-13H2,1-2H3. The third kappa shape index (κ3) is 3.85. The first-order valence-corrected chi connectivity index (χ1v) is 10.3.